The lowest BCUT2D eigenvalue weighted by Gasteiger charge is -2.03. The summed E-state index contributed by atoms with van der Waals surface area (Å²) in [6.07, 6.45) is 4.93. The van der Waals surface area contributed by atoms with Gasteiger partial charge in [0.25, 0.3) is 5.91 Å². The standard InChI is InChI=1S/C19H15ClN2OS/c1-3-16(8-7-13(2)20)22-19(23)18-10-9-17(24-18)15-6-4-5-14(11-15)12-21/h3-11H,1H2,2H3,(H,22,23)/b13-7+,16-8+. The van der Waals surface area contributed by atoms with Crippen LogP contribution in [0.15, 0.2) is 71.9 Å². The van der Waals surface area contributed by atoms with E-state index in [9.17, 15) is 4.79 Å². The molecule has 1 aromatic carbocycles. The number of benzene rings is 1. The summed E-state index contributed by atoms with van der Waals surface area (Å²) in [5, 5.41) is 12.4. The smallest absolute Gasteiger partial charge is 0.265 e. The zero-order valence-corrected chi connectivity index (χ0v) is 14.6. The molecular weight excluding hydrogens is 340 g/mol. The third kappa shape index (κ3) is 4.69. The molecule has 120 valence electrons. The predicted octanol–water partition coefficient (Wildman–Crippen LogP) is 5.23. The normalized spacial score (nSPS) is 11.7. The van der Waals surface area contributed by atoms with E-state index < -0.39 is 0 Å². The van der Waals surface area contributed by atoms with Gasteiger partial charge >= 0.3 is 0 Å². The van der Waals surface area contributed by atoms with Crippen LogP contribution in [0.1, 0.15) is 22.2 Å². The fourth-order valence-corrected chi connectivity index (χ4v) is 2.88. The molecule has 1 N–H and O–H groups in total. The van der Waals surface area contributed by atoms with E-state index in [4.69, 9.17) is 16.9 Å². The van der Waals surface area contributed by atoms with E-state index in [2.05, 4.69) is 18.0 Å². The first-order valence-corrected chi connectivity index (χ1v) is 8.31. The summed E-state index contributed by atoms with van der Waals surface area (Å²) >= 11 is 7.14. The molecular formula is C19H15ClN2OS. The molecule has 2 rings (SSSR count). The molecule has 1 heterocycles. The van der Waals surface area contributed by atoms with Gasteiger partial charge in [-0.25, -0.2) is 0 Å². The van der Waals surface area contributed by atoms with Crippen molar-refractivity contribution in [3.05, 3.63) is 82.4 Å². The Labute approximate surface area is 150 Å². The highest BCUT2D eigenvalue weighted by atomic mass is 35.5. The molecule has 0 fully saturated rings. The van der Waals surface area contributed by atoms with Gasteiger partial charge in [0.15, 0.2) is 0 Å². The second-order valence-corrected chi connectivity index (χ2v) is 6.57. The number of nitrogens with zero attached hydrogens (tertiary/aromatic N) is 1. The van der Waals surface area contributed by atoms with Crippen LogP contribution in [0.25, 0.3) is 10.4 Å². The first-order chi connectivity index (χ1) is 11.5. The molecule has 0 bridgehead atoms. The van der Waals surface area contributed by atoms with E-state index in [-0.39, 0.29) is 5.91 Å². The SMILES string of the molecule is C=C/C(=C\C=C(/C)Cl)NC(=O)c1ccc(-c2cccc(C#N)c2)s1. The maximum Gasteiger partial charge on any atom is 0.265 e. The molecule has 0 unspecified atom stereocenters. The van der Waals surface area contributed by atoms with Crippen LogP contribution in [0.3, 0.4) is 0 Å². The molecule has 0 aliphatic rings. The van der Waals surface area contributed by atoms with Crippen LogP contribution >= 0.6 is 22.9 Å². The Hall–Kier alpha value is -2.61. The quantitative estimate of drug-likeness (QED) is 0.747. The zero-order valence-electron chi connectivity index (χ0n) is 13.0. The van der Waals surface area contributed by atoms with E-state index in [0.717, 1.165) is 10.4 Å². The van der Waals surface area contributed by atoms with Crippen molar-refractivity contribution < 1.29 is 4.79 Å². The van der Waals surface area contributed by atoms with Gasteiger partial charge in [-0.1, -0.05) is 30.3 Å². The molecule has 3 nitrogen and oxygen atoms in total. The summed E-state index contributed by atoms with van der Waals surface area (Å²) in [5.74, 6) is -0.213. The molecule has 0 saturated carbocycles. The number of nitriles is 1. The third-order valence-corrected chi connectivity index (χ3v) is 4.34. The maximum atomic E-state index is 12.3. The highest BCUT2D eigenvalue weighted by Crippen LogP contribution is 2.28. The Morgan fingerprint density at radius 1 is 1.33 bits per heavy atom. The van der Waals surface area contributed by atoms with E-state index in [0.29, 0.717) is 21.2 Å². The van der Waals surface area contributed by atoms with Crippen molar-refractivity contribution in [2.75, 3.05) is 0 Å². The van der Waals surface area contributed by atoms with Gasteiger partial charge in [0, 0.05) is 15.6 Å². The Kier molecular flexibility index (Phi) is 6.14. The summed E-state index contributed by atoms with van der Waals surface area (Å²) in [5.41, 5.74) is 2.08. The van der Waals surface area contributed by atoms with Gasteiger partial charge in [-0.3, -0.25) is 4.79 Å². The highest BCUT2D eigenvalue weighted by Gasteiger charge is 2.11. The van der Waals surface area contributed by atoms with E-state index in [1.807, 2.05) is 18.2 Å². The fraction of sp³-hybridized carbons (Fsp3) is 0.0526. The Morgan fingerprint density at radius 3 is 2.79 bits per heavy atom. The average molecular weight is 355 g/mol. The molecule has 5 heteroatoms. The van der Waals surface area contributed by atoms with Crippen molar-refractivity contribution in [2.45, 2.75) is 6.92 Å². The fourth-order valence-electron chi connectivity index (χ4n) is 1.92. The first kappa shape index (κ1) is 17.7. The van der Waals surface area contributed by atoms with Crippen LogP contribution in [0.5, 0.6) is 0 Å². The Bertz CT molecular complexity index is 867. The number of amides is 1. The molecule has 0 aliphatic heterocycles. The molecule has 0 aliphatic carbocycles. The van der Waals surface area contributed by atoms with Gasteiger partial charge in [0.1, 0.15) is 0 Å². The number of rotatable bonds is 5. The van der Waals surface area contributed by atoms with Gasteiger partial charge < -0.3 is 5.32 Å². The van der Waals surface area contributed by atoms with E-state index in [1.165, 1.54) is 11.3 Å². The number of thiophene rings is 1. The van der Waals surface area contributed by atoms with Gasteiger partial charge in [-0.05, 0) is 55.0 Å². The lowest BCUT2D eigenvalue weighted by atomic mass is 10.1. The van der Waals surface area contributed by atoms with Crippen molar-refractivity contribution >= 4 is 28.8 Å². The van der Waals surface area contributed by atoms with Crippen LogP contribution in [0.2, 0.25) is 0 Å². The molecule has 0 saturated heterocycles. The van der Waals surface area contributed by atoms with Crippen LogP contribution in [0, 0.1) is 11.3 Å². The lowest BCUT2D eigenvalue weighted by molar-refractivity contribution is 0.0971. The molecule has 1 amide bonds. The third-order valence-electron chi connectivity index (χ3n) is 3.08. The molecule has 24 heavy (non-hydrogen) atoms. The molecule has 0 radical (unpaired) electrons. The van der Waals surface area contributed by atoms with Gasteiger partial charge in [0.05, 0.1) is 16.5 Å². The molecule has 2 aromatic rings. The number of carbonyl (C=O) groups is 1. The lowest BCUT2D eigenvalue weighted by Crippen LogP contribution is -2.20. The van der Waals surface area contributed by atoms with Gasteiger partial charge in [0.2, 0.25) is 0 Å². The van der Waals surface area contributed by atoms with Crippen molar-refractivity contribution in [1.29, 1.82) is 5.26 Å². The van der Waals surface area contributed by atoms with Gasteiger partial charge in [-0.15, -0.1) is 11.3 Å². The maximum absolute atomic E-state index is 12.3. The highest BCUT2D eigenvalue weighted by molar-refractivity contribution is 7.17. The molecule has 0 spiro atoms. The second kappa shape index (κ2) is 8.30. The second-order valence-electron chi connectivity index (χ2n) is 4.89. The number of allylic oxidation sites excluding steroid dienone is 4. The number of carbonyl (C=O) groups excluding carboxylic acids is 1. The van der Waals surface area contributed by atoms with Crippen LogP contribution < -0.4 is 5.32 Å². The number of hydrogen-bond acceptors (Lipinski definition) is 3. The number of hydrogen-bond donors (Lipinski definition) is 1. The number of halogens is 1. The van der Waals surface area contributed by atoms with E-state index in [1.54, 1.807) is 43.4 Å². The van der Waals surface area contributed by atoms with Crippen LogP contribution in [0.4, 0.5) is 0 Å². The minimum absolute atomic E-state index is 0.213. The van der Waals surface area contributed by atoms with Crippen LogP contribution in [-0.4, -0.2) is 5.91 Å². The number of nitrogens with one attached hydrogen (secondary N) is 1. The summed E-state index contributed by atoms with van der Waals surface area (Å²) < 4.78 is 0. The predicted molar refractivity (Wildman–Crippen MR) is 99.8 cm³/mol. The minimum atomic E-state index is -0.213. The minimum Gasteiger partial charge on any atom is -0.321 e. The van der Waals surface area contributed by atoms with Crippen molar-refractivity contribution in [3.8, 4) is 16.5 Å². The average Bonchev–Trinajstić information content (AvgIpc) is 3.08. The first-order valence-electron chi connectivity index (χ1n) is 7.11. The van der Waals surface area contributed by atoms with Crippen LogP contribution in [-0.2, 0) is 0 Å². The summed E-state index contributed by atoms with van der Waals surface area (Å²) in [7, 11) is 0. The molecule has 0 atom stereocenters. The summed E-state index contributed by atoms with van der Waals surface area (Å²) in [6.45, 7) is 5.43. The summed E-state index contributed by atoms with van der Waals surface area (Å²) in [6, 6.07) is 13.0. The molecule has 1 aromatic heterocycles. The monoisotopic (exact) mass is 354 g/mol. The topological polar surface area (TPSA) is 52.9 Å². The van der Waals surface area contributed by atoms with E-state index >= 15 is 0 Å². The summed E-state index contributed by atoms with van der Waals surface area (Å²) in [4.78, 5) is 13.8. The van der Waals surface area contributed by atoms with Gasteiger partial charge in [-0.2, -0.15) is 5.26 Å². The largest absolute Gasteiger partial charge is 0.321 e. The van der Waals surface area contributed by atoms with Crippen molar-refractivity contribution in [2.24, 2.45) is 0 Å². The zero-order chi connectivity index (χ0) is 17.5. The van der Waals surface area contributed by atoms with Crippen molar-refractivity contribution in [1.82, 2.24) is 5.32 Å². The van der Waals surface area contributed by atoms with Crippen molar-refractivity contribution in [3.63, 3.8) is 0 Å². The Morgan fingerprint density at radius 2 is 2.12 bits per heavy atom. The Balaban J connectivity index is 2.19.